The second-order valence-electron chi connectivity index (χ2n) is 6.78. The molecule has 1 saturated heterocycles. The highest BCUT2D eigenvalue weighted by molar-refractivity contribution is 7.99. The lowest BCUT2D eigenvalue weighted by atomic mass is 9.99. The molecule has 2 aromatic rings. The van der Waals surface area contributed by atoms with Gasteiger partial charge in [0.15, 0.2) is 0 Å². The number of imidazole rings is 1. The Bertz CT molecular complexity index is 674. The van der Waals surface area contributed by atoms with Gasteiger partial charge in [-0.05, 0) is 30.2 Å². The average molecular weight is 362 g/mol. The van der Waals surface area contributed by atoms with Crippen molar-refractivity contribution in [1.82, 2.24) is 14.9 Å². The van der Waals surface area contributed by atoms with Gasteiger partial charge in [0.1, 0.15) is 5.82 Å². The minimum absolute atomic E-state index is 0.0570. The molecule has 0 radical (unpaired) electrons. The van der Waals surface area contributed by atoms with Crippen molar-refractivity contribution in [3.05, 3.63) is 41.9 Å². The number of aliphatic hydroxyl groups excluding tert-OH is 2. The monoisotopic (exact) mass is 361 g/mol. The number of nitrogens with one attached hydrogen (secondary N) is 1. The van der Waals surface area contributed by atoms with Gasteiger partial charge in [-0.1, -0.05) is 31.2 Å². The number of rotatable bonds is 6. The molecule has 1 fully saturated rings. The number of thioether (sulfide) groups is 1. The standard InChI is InChI=1S/C19H27N3O2S/c1-13(25-2)10-22-11-16(24)7-8-18(22)19-20-9-17(21-19)15-5-3-14(12-23)4-6-15/h3-6,9,13,16,18,23-24H,7-8,10-12H2,1-2H3,(H,20,21). The molecule has 0 bridgehead atoms. The Balaban J connectivity index is 1.78. The molecule has 136 valence electrons. The number of aromatic nitrogens is 2. The summed E-state index contributed by atoms with van der Waals surface area (Å²) in [5.41, 5.74) is 2.96. The lowest BCUT2D eigenvalue weighted by Gasteiger charge is -2.38. The fourth-order valence-electron chi connectivity index (χ4n) is 3.38. The van der Waals surface area contributed by atoms with Gasteiger partial charge in [-0.25, -0.2) is 4.98 Å². The van der Waals surface area contributed by atoms with E-state index in [0.29, 0.717) is 11.8 Å². The zero-order valence-electron chi connectivity index (χ0n) is 14.9. The Morgan fingerprint density at radius 3 is 2.76 bits per heavy atom. The molecule has 0 spiro atoms. The summed E-state index contributed by atoms with van der Waals surface area (Å²) >= 11 is 1.85. The Labute approximate surface area is 153 Å². The summed E-state index contributed by atoms with van der Waals surface area (Å²) in [6.45, 7) is 3.93. The lowest BCUT2D eigenvalue weighted by molar-refractivity contribution is 0.0329. The topological polar surface area (TPSA) is 72.4 Å². The van der Waals surface area contributed by atoms with Crippen LogP contribution in [0.15, 0.2) is 30.5 Å². The second kappa shape index (κ2) is 8.36. The van der Waals surface area contributed by atoms with Crippen molar-refractivity contribution < 1.29 is 10.2 Å². The van der Waals surface area contributed by atoms with Crippen molar-refractivity contribution >= 4 is 11.8 Å². The molecule has 0 saturated carbocycles. The first-order valence-corrected chi connectivity index (χ1v) is 10.1. The first-order valence-electron chi connectivity index (χ1n) is 8.80. The van der Waals surface area contributed by atoms with Crippen LogP contribution in [0.5, 0.6) is 0 Å². The Hall–Kier alpha value is -1.34. The predicted molar refractivity (Wildman–Crippen MR) is 102 cm³/mol. The number of piperidine rings is 1. The number of nitrogens with zero attached hydrogens (tertiary/aromatic N) is 2. The van der Waals surface area contributed by atoms with Gasteiger partial charge in [-0.15, -0.1) is 0 Å². The zero-order valence-corrected chi connectivity index (χ0v) is 15.7. The molecule has 1 aromatic heterocycles. The minimum Gasteiger partial charge on any atom is -0.392 e. The summed E-state index contributed by atoms with van der Waals surface area (Å²) in [5, 5.41) is 19.8. The van der Waals surface area contributed by atoms with E-state index in [4.69, 9.17) is 5.11 Å². The van der Waals surface area contributed by atoms with Crippen LogP contribution in [0.2, 0.25) is 0 Å². The fraction of sp³-hybridized carbons (Fsp3) is 0.526. The van der Waals surface area contributed by atoms with E-state index < -0.39 is 0 Å². The summed E-state index contributed by atoms with van der Waals surface area (Å²) in [5.74, 6) is 0.974. The summed E-state index contributed by atoms with van der Waals surface area (Å²) < 4.78 is 0. The van der Waals surface area contributed by atoms with E-state index in [1.54, 1.807) is 0 Å². The van der Waals surface area contributed by atoms with E-state index in [2.05, 4.69) is 28.0 Å². The highest BCUT2D eigenvalue weighted by Crippen LogP contribution is 2.31. The fourth-order valence-corrected chi connectivity index (χ4v) is 3.72. The van der Waals surface area contributed by atoms with E-state index >= 15 is 0 Å². The largest absolute Gasteiger partial charge is 0.392 e. The van der Waals surface area contributed by atoms with E-state index in [1.807, 2.05) is 42.2 Å². The summed E-state index contributed by atoms with van der Waals surface area (Å²) in [6, 6.07) is 8.09. The van der Waals surface area contributed by atoms with Gasteiger partial charge in [0.05, 0.1) is 30.6 Å². The molecule has 5 nitrogen and oxygen atoms in total. The summed E-state index contributed by atoms with van der Waals surface area (Å²) in [4.78, 5) is 10.5. The van der Waals surface area contributed by atoms with Crippen molar-refractivity contribution in [3.8, 4) is 11.3 Å². The average Bonchev–Trinajstić information content (AvgIpc) is 3.11. The van der Waals surface area contributed by atoms with Crippen LogP contribution in [0.3, 0.4) is 0 Å². The molecular weight excluding hydrogens is 334 g/mol. The third-order valence-electron chi connectivity index (χ3n) is 4.91. The van der Waals surface area contributed by atoms with Crippen LogP contribution in [0.4, 0.5) is 0 Å². The van der Waals surface area contributed by atoms with Gasteiger partial charge < -0.3 is 15.2 Å². The summed E-state index contributed by atoms with van der Waals surface area (Å²) in [7, 11) is 0. The van der Waals surface area contributed by atoms with Gasteiger partial charge in [0.2, 0.25) is 0 Å². The van der Waals surface area contributed by atoms with E-state index in [1.165, 1.54) is 0 Å². The highest BCUT2D eigenvalue weighted by Gasteiger charge is 2.31. The lowest BCUT2D eigenvalue weighted by Crippen LogP contribution is -2.43. The molecule has 1 aliphatic rings. The van der Waals surface area contributed by atoms with Crippen LogP contribution >= 0.6 is 11.8 Å². The molecule has 1 aliphatic heterocycles. The van der Waals surface area contributed by atoms with Crippen LogP contribution in [-0.4, -0.2) is 55.8 Å². The van der Waals surface area contributed by atoms with Crippen molar-refractivity contribution in [1.29, 1.82) is 0 Å². The Kier molecular flexibility index (Phi) is 6.17. The number of H-pyrrole nitrogens is 1. The van der Waals surface area contributed by atoms with Gasteiger partial charge in [0, 0.05) is 18.3 Å². The molecule has 2 heterocycles. The zero-order chi connectivity index (χ0) is 17.8. The first kappa shape index (κ1) is 18.5. The number of benzene rings is 1. The second-order valence-corrected chi connectivity index (χ2v) is 8.06. The maximum absolute atomic E-state index is 10.1. The normalized spacial score (nSPS) is 22.9. The van der Waals surface area contributed by atoms with Gasteiger partial charge in [-0.3, -0.25) is 4.90 Å². The summed E-state index contributed by atoms with van der Waals surface area (Å²) in [6.07, 6.45) is 5.49. The predicted octanol–water partition coefficient (Wildman–Crippen LogP) is 2.82. The molecular formula is C19H27N3O2S. The van der Waals surface area contributed by atoms with Crippen molar-refractivity contribution in [2.45, 2.75) is 43.8 Å². The van der Waals surface area contributed by atoms with Gasteiger partial charge in [-0.2, -0.15) is 11.8 Å². The van der Waals surface area contributed by atoms with Gasteiger partial charge >= 0.3 is 0 Å². The first-order chi connectivity index (χ1) is 12.1. The molecule has 0 amide bonds. The maximum atomic E-state index is 10.1. The van der Waals surface area contributed by atoms with Crippen molar-refractivity contribution in [3.63, 3.8) is 0 Å². The third-order valence-corrected chi connectivity index (χ3v) is 5.87. The SMILES string of the molecule is CSC(C)CN1CC(O)CCC1c1ncc(-c2ccc(CO)cc2)[nH]1. The minimum atomic E-state index is -0.245. The molecule has 6 heteroatoms. The number of aliphatic hydroxyl groups is 2. The molecule has 25 heavy (non-hydrogen) atoms. The quantitative estimate of drug-likeness (QED) is 0.738. The van der Waals surface area contributed by atoms with E-state index in [0.717, 1.165) is 42.0 Å². The van der Waals surface area contributed by atoms with Crippen molar-refractivity contribution in [2.75, 3.05) is 19.3 Å². The molecule has 3 rings (SSSR count). The maximum Gasteiger partial charge on any atom is 0.123 e. The molecule has 1 aromatic carbocycles. The highest BCUT2D eigenvalue weighted by atomic mass is 32.2. The number of likely N-dealkylation sites (tertiary alicyclic amines) is 1. The smallest absolute Gasteiger partial charge is 0.123 e. The molecule has 0 aliphatic carbocycles. The van der Waals surface area contributed by atoms with Crippen molar-refractivity contribution in [2.24, 2.45) is 0 Å². The Morgan fingerprint density at radius 2 is 2.08 bits per heavy atom. The number of hydrogen-bond donors (Lipinski definition) is 3. The van der Waals surface area contributed by atoms with E-state index in [9.17, 15) is 5.11 Å². The molecule has 3 unspecified atom stereocenters. The molecule has 3 N–H and O–H groups in total. The third kappa shape index (κ3) is 4.44. The number of aromatic amines is 1. The Morgan fingerprint density at radius 1 is 1.32 bits per heavy atom. The number of hydrogen-bond acceptors (Lipinski definition) is 5. The number of β-amino-alcohol motifs (C(OH)–C–C–N with tert-alkyl or cyclic N) is 1. The van der Waals surface area contributed by atoms with Crippen LogP contribution in [0, 0.1) is 0 Å². The van der Waals surface area contributed by atoms with E-state index in [-0.39, 0.29) is 18.8 Å². The van der Waals surface area contributed by atoms with Crippen LogP contribution < -0.4 is 0 Å². The molecule has 3 atom stereocenters. The van der Waals surface area contributed by atoms with Crippen LogP contribution in [0.1, 0.15) is 37.2 Å². The van der Waals surface area contributed by atoms with Crippen LogP contribution in [0.25, 0.3) is 11.3 Å². The van der Waals surface area contributed by atoms with Crippen LogP contribution in [-0.2, 0) is 6.61 Å². The van der Waals surface area contributed by atoms with Gasteiger partial charge in [0.25, 0.3) is 0 Å².